The van der Waals surface area contributed by atoms with Crippen LogP contribution in [0.4, 0.5) is 4.79 Å². The number of methoxy groups -OCH3 is 1. The lowest BCUT2D eigenvalue weighted by atomic mass is 10.1. The highest BCUT2D eigenvalue weighted by Gasteiger charge is 2.19. The molecule has 1 atom stereocenters. The van der Waals surface area contributed by atoms with Crippen molar-refractivity contribution in [2.75, 3.05) is 7.11 Å². The third kappa shape index (κ3) is 5.52. The number of amides is 3. The van der Waals surface area contributed by atoms with Crippen LogP contribution in [0.15, 0.2) is 24.3 Å². The van der Waals surface area contributed by atoms with Crippen molar-refractivity contribution < 1.29 is 23.9 Å². The molecule has 0 unspecified atom stereocenters. The lowest BCUT2D eigenvalue weighted by molar-refractivity contribution is -0.154. The van der Waals surface area contributed by atoms with Crippen LogP contribution in [0.3, 0.4) is 0 Å². The molecule has 0 spiro atoms. The number of nitrogens with two attached hydrogens (primary N) is 1. The van der Waals surface area contributed by atoms with E-state index in [0.29, 0.717) is 12.2 Å². The van der Waals surface area contributed by atoms with Crippen LogP contribution in [0.5, 0.6) is 5.75 Å². The topological polar surface area (TPSA) is 108 Å². The fourth-order valence-electron chi connectivity index (χ4n) is 1.68. The molecule has 7 heteroatoms. The third-order valence-electron chi connectivity index (χ3n) is 2.71. The summed E-state index contributed by atoms with van der Waals surface area (Å²) in [6.07, 6.45) is -0.565. The monoisotopic (exact) mass is 294 g/mol. The second-order valence-corrected chi connectivity index (χ2v) is 4.30. The van der Waals surface area contributed by atoms with E-state index >= 15 is 0 Å². The van der Waals surface area contributed by atoms with Crippen molar-refractivity contribution in [3.05, 3.63) is 29.8 Å². The maximum Gasteiger partial charge on any atom is 0.318 e. The molecule has 0 saturated heterocycles. The minimum Gasteiger partial charge on any atom is -0.496 e. The number of para-hydroxylation sites is 1. The largest absolute Gasteiger partial charge is 0.496 e. The number of carbonyl (C=O) groups excluding carboxylic acids is 3. The van der Waals surface area contributed by atoms with E-state index in [9.17, 15) is 14.4 Å². The summed E-state index contributed by atoms with van der Waals surface area (Å²) in [5, 5.41) is 1.84. The molecule has 1 aromatic carbocycles. The van der Waals surface area contributed by atoms with E-state index in [1.807, 2.05) is 23.5 Å². The van der Waals surface area contributed by atoms with E-state index in [4.69, 9.17) is 15.2 Å². The van der Waals surface area contributed by atoms with Gasteiger partial charge in [0.25, 0.3) is 5.91 Å². The van der Waals surface area contributed by atoms with Crippen molar-refractivity contribution in [1.82, 2.24) is 5.32 Å². The number of nitrogens with one attached hydrogen (secondary N) is 1. The molecule has 0 saturated carbocycles. The Morgan fingerprint density at radius 1 is 1.29 bits per heavy atom. The Balaban J connectivity index is 2.47. The molecule has 0 aromatic heterocycles. The van der Waals surface area contributed by atoms with Crippen molar-refractivity contribution in [1.29, 1.82) is 0 Å². The molecule has 114 valence electrons. The summed E-state index contributed by atoms with van der Waals surface area (Å²) < 4.78 is 10.1. The number of aryl methyl sites for hydroxylation is 1. The molecule has 0 aliphatic carbocycles. The van der Waals surface area contributed by atoms with E-state index in [1.165, 1.54) is 6.92 Å². The number of imide groups is 1. The van der Waals surface area contributed by atoms with Crippen LogP contribution in [0, 0.1) is 0 Å². The van der Waals surface area contributed by atoms with Gasteiger partial charge in [0.05, 0.1) is 7.11 Å². The zero-order valence-corrected chi connectivity index (χ0v) is 11.9. The highest BCUT2D eigenvalue weighted by molar-refractivity contribution is 5.96. The van der Waals surface area contributed by atoms with Crippen LogP contribution in [-0.4, -0.2) is 31.1 Å². The number of hydrogen-bond acceptors (Lipinski definition) is 5. The van der Waals surface area contributed by atoms with Gasteiger partial charge in [-0.05, 0) is 25.0 Å². The summed E-state index contributed by atoms with van der Waals surface area (Å²) in [5.74, 6) is -0.619. The van der Waals surface area contributed by atoms with E-state index in [2.05, 4.69) is 0 Å². The lowest BCUT2D eigenvalue weighted by Crippen LogP contribution is -2.42. The minimum atomic E-state index is -1.08. The zero-order valence-electron chi connectivity index (χ0n) is 11.9. The first-order valence-corrected chi connectivity index (χ1v) is 6.35. The summed E-state index contributed by atoms with van der Waals surface area (Å²) in [4.78, 5) is 33.5. The van der Waals surface area contributed by atoms with Gasteiger partial charge < -0.3 is 15.2 Å². The second kappa shape index (κ2) is 7.88. The van der Waals surface area contributed by atoms with Gasteiger partial charge in [0, 0.05) is 6.42 Å². The van der Waals surface area contributed by atoms with Crippen molar-refractivity contribution in [3.63, 3.8) is 0 Å². The van der Waals surface area contributed by atoms with E-state index in [-0.39, 0.29) is 6.42 Å². The molecule has 0 radical (unpaired) electrons. The molecule has 0 aliphatic rings. The number of carbonyl (C=O) groups is 3. The van der Waals surface area contributed by atoms with Crippen LogP contribution in [0.1, 0.15) is 18.9 Å². The molecule has 7 nitrogen and oxygen atoms in total. The maximum atomic E-state index is 11.7. The molecule has 0 bridgehead atoms. The maximum absolute atomic E-state index is 11.7. The number of benzene rings is 1. The van der Waals surface area contributed by atoms with E-state index < -0.39 is 24.0 Å². The molecule has 1 rings (SSSR count). The number of urea groups is 1. The number of rotatable bonds is 6. The Kier molecular flexibility index (Phi) is 6.19. The average Bonchev–Trinajstić information content (AvgIpc) is 2.44. The molecule has 0 heterocycles. The number of hydrogen-bond donors (Lipinski definition) is 2. The van der Waals surface area contributed by atoms with Crippen molar-refractivity contribution >= 4 is 17.9 Å². The smallest absolute Gasteiger partial charge is 0.318 e. The Labute approximate surface area is 122 Å². The number of primary amides is 1. The highest BCUT2D eigenvalue weighted by atomic mass is 16.5. The number of esters is 1. The van der Waals surface area contributed by atoms with Gasteiger partial charge in [0.15, 0.2) is 6.10 Å². The summed E-state index contributed by atoms with van der Waals surface area (Å²) in [6.45, 7) is 1.36. The first-order valence-electron chi connectivity index (χ1n) is 6.35. The van der Waals surface area contributed by atoms with Crippen molar-refractivity contribution in [3.8, 4) is 5.75 Å². The Bertz CT molecular complexity index is 530. The van der Waals surface area contributed by atoms with Gasteiger partial charge in [-0.2, -0.15) is 0 Å². The SMILES string of the molecule is COc1ccccc1CCC(=O)O[C@@H](C)C(=O)NC(N)=O. The van der Waals surface area contributed by atoms with Gasteiger partial charge in [-0.15, -0.1) is 0 Å². The summed E-state index contributed by atoms with van der Waals surface area (Å²) in [7, 11) is 1.55. The van der Waals surface area contributed by atoms with Crippen LogP contribution >= 0.6 is 0 Å². The molecule has 1 aromatic rings. The molecule has 0 fully saturated rings. The molecule has 3 amide bonds. The third-order valence-corrected chi connectivity index (χ3v) is 2.71. The molecule has 21 heavy (non-hydrogen) atoms. The van der Waals surface area contributed by atoms with E-state index in [1.54, 1.807) is 13.2 Å². The van der Waals surface area contributed by atoms with Crippen LogP contribution in [-0.2, 0) is 20.7 Å². The molecule has 3 N–H and O–H groups in total. The molecular formula is C14H18N2O5. The molecular weight excluding hydrogens is 276 g/mol. The van der Waals surface area contributed by atoms with Gasteiger partial charge in [-0.1, -0.05) is 18.2 Å². The van der Waals surface area contributed by atoms with Gasteiger partial charge in [0.2, 0.25) is 0 Å². The fourth-order valence-corrected chi connectivity index (χ4v) is 1.68. The van der Waals surface area contributed by atoms with Crippen molar-refractivity contribution in [2.24, 2.45) is 5.73 Å². The van der Waals surface area contributed by atoms with Crippen LogP contribution < -0.4 is 15.8 Å². The molecule has 0 aliphatic heterocycles. The predicted octanol–water partition coefficient (Wildman–Crippen LogP) is 0.754. The number of ether oxygens (including phenoxy) is 2. The first-order chi connectivity index (χ1) is 9.93. The van der Waals surface area contributed by atoms with Crippen molar-refractivity contribution in [2.45, 2.75) is 25.9 Å². The van der Waals surface area contributed by atoms with Gasteiger partial charge >= 0.3 is 12.0 Å². The van der Waals surface area contributed by atoms with E-state index in [0.717, 1.165) is 5.56 Å². The fraction of sp³-hybridized carbons (Fsp3) is 0.357. The summed E-state index contributed by atoms with van der Waals surface area (Å²) in [5.41, 5.74) is 5.67. The second-order valence-electron chi connectivity index (χ2n) is 4.30. The Hall–Kier alpha value is -2.57. The Morgan fingerprint density at radius 2 is 1.95 bits per heavy atom. The van der Waals surface area contributed by atoms with Gasteiger partial charge in [-0.25, -0.2) is 4.79 Å². The minimum absolute atomic E-state index is 0.0918. The highest BCUT2D eigenvalue weighted by Crippen LogP contribution is 2.19. The lowest BCUT2D eigenvalue weighted by Gasteiger charge is -2.12. The average molecular weight is 294 g/mol. The van der Waals surface area contributed by atoms with Gasteiger partial charge in [-0.3, -0.25) is 14.9 Å². The summed E-state index contributed by atoms with van der Waals surface area (Å²) in [6, 6.07) is 6.32. The quantitative estimate of drug-likeness (QED) is 0.753. The predicted molar refractivity (Wildman–Crippen MR) is 74.6 cm³/mol. The zero-order chi connectivity index (χ0) is 15.8. The van der Waals surface area contributed by atoms with Crippen LogP contribution in [0.2, 0.25) is 0 Å². The van der Waals surface area contributed by atoms with Crippen LogP contribution in [0.25, 0.3) is 0 Å². The normalized spacial score (nSPS) is 11.3. The first kappa shape index (κ1) is 16.5. The van der Waals surface area contributed by atoms with Gasteiger partial charge in [0.1, 0.15) is 5.75 Å². The Morgan fingerprint density at radius 3 is 2.57 bits per heavy atom. The standard InChI is InChI=1S/C14H18N2O5/c1-9(13(18)16-14(15)19)21-12(17)8-7-10-5-3-4-6-11(10)20-2/h3-6,9H,7-8H2,1-2H3,(H3,15,16,18,19)/t9-/m0/s1. The summed E-state index contributed by atoms with van der Waals surface area (Å²) >= 11 is 0.